The van der Waals surface area contributed by atoms with Gasteiger partial charge in [0.1, 0.15) is 47.9 Å². The van der Waals surface area contributed by atoms with E-state index in [1.54, 1.807) is 137 Å². The fourth-order valence-electron chi connectivity index (χ4n) is 10.6. The zero-order valence-corrected chi connectivity index (χ0v) is 72.5. The second-order valence-electron chi connectivity index (χ2n) is 26.5. The maximum Gasteiger partial charge on any atom is 0.341 e. The summed E-state index contributed by atoms with van der Waals surface area (Å²) in [5, 5.41) is 36.9. The number of carbonyl (C=O) groups excluding carboxylic acids is 6. The van der Waals surface area contributed by atoms with Gasteiger partial charge in [-0.15, -0.1) is 0 Å². The van der Waals surface area contributed by atoms with Gasteiger partial charge in [0.25, 0.3) is 0 Å². The number of hydrogen-bond donors (Lipinski definition) is 7. The summed E-state index contributed by atoms with van der Waals surface area (Å²) in [5.74, 6) is 4.91. The van der Waals surface area contributed by atoms with Crippen molar-refractivity contribution in [1.82, 2.24) is 84.2 Å². The van der Waals surface area contributed by atoms with E-state index in [1.807, 2.05) is 62.6 Å². The molecule has 0 radical (unpaired) electrons. The van der Waals surface area contributed by atoms with Crippen LogP contribution >= 0.6 is 82.6 Å². The highest BCUT2D eigenvalue weighted by atomic mass is 79.9. The number of nitrogen functional groups attached to an aromatic ring is 2. The van der Waals surface area contributed by atoms with Crippen molar-refractivity contribution < 1.29 is 52.5 Å². The molecule has 119 heavy (non-hydrogen) atoms. The molecule has 34 nitrogen and oxygen atoms in total. The number of ketones is 1. The number of Topliss-reactive ketones (excluding diaryl/α,β-unsaturated/α-hetero) is 1. The zero-order valence-electron chi connectivity index (χ0n) is 65.5. The molecule has 2 amide bonds. The number of nitrogens with one attached hydrogen (secondary N) is 5. The SMILES string of the molecule is CCOC(=O)c1cn[nH]c1.CCOC(=O)c1cnn(-c2cnc(NC(=O)C3CC3)cc2Nc2cccc(-c3ncn(C)n3)c2OC)c1.COc1c(N)cccc1-c1ncn(C)n1.COc1c(Nc2cc(NC(=O)C3CC3)ncc2Br)cccc1-c1ncn(C)n1.Nc1cc(Cl)c(Br)cn1.O=C(Cc1cc(Cl)c(Br)cn1)C1CC1.O=C(Cl)C1CC1. The Kier molecular flexibility index (Phi) is 32.4. The van der Waals surface area contributed by atoms with E-state index < -0.39 is 5.97 Å². The number of benzene rings is 3. The van der Waals surface area contributed by atoms with Gasteiger partial charge in [-0.25, -0.2) is 44.2 Å². The minimum atomic E-state index is -0.471. The Hall–Kier alpha value is -11.8. The van der Waals surface area contributed by atoms with Crippen LogP contribution in [0.3, 0.4) is 0 Å². The largest absolute Gasteiger partial charge is 0.494 e. The number of nitrogens with zero attached hydrogens (tertiary/aromatic N) is 16. The first-order chi connectivity index (χ1) is 57.2. The normalized spacial score (nSPS) is 12.8. The van der Waals surface area contributed by atoms with Crippen LogP contribution in [0, 0.1) is 23.7 Å². The fraction of sp³-hybridized carbons (Fsp3) is 0.291. The summed E-state index contributed by atoms with van der Waals surface area (Å²) >= 11 is 26.5. The molecule has 0 atom stereocenters. The summed E-state index contributed by atoms with van der Waals surface area (Å²) in [4.78, 5) is 98.2. The Morgan fingerprint density at radius 3 is 1.42 bits per heavy atom. The van der Waals surface area contributed by atoms with Gasteiger partial charge in [-0.05, 0) is 167 Å². The third-order valence-corrected chi connectivity index (χ3v) is 20.5. The number of halogens is 6. The van der Waals surface area contributed by atoms with Gasteiger partial charge in [-0.3, -0.25) is 43.3 Å². The summed E-state index contributed by atoms with van der Waals surface area (Å²) in [6, 6.07) is 23.6. The van der Waals surface area contributed by atoms with Crippen LogP contribution < -0.4 is 46.9 Å². The van der Waals surface area contributed by atoms with Crippen LogP contribution in [0.5, 0.6) is 17.2 Å². The Labute approximate surface area is 723 Å². The Bertz CT molecular complexity index is 5520. The fourth-order valence-corrected chi connectivity index (χ4v) is 11.9. The summed E-state index contributed by atoms with van der Waals surface area (Å²) in [6.45, 7) is 4.15. The van der Waals surface area contributed by atoms with E-state index in [1.165, 1.54) is 23.3 Å². The molecule has 4 saturated carbocycles. The van der Waals surface area contributed by atoms with Crippen molar-refractivity contribution in [3.05, 3.63) is 188 Å². The van der Waals surface area contributed by atoms with Gasteiger partial charge in [0.05, 0.1) is 133 Å². The second-order valence-corrected chi connectivity index (χ2v) is 30.3. The molecule has 40 heteroatoms. The molecule has 9 aromatic heterocycles. The summed E-state index contributed by atoms with van der Waals surface area (Å²) in [7, 11) is 10.2. The third-order valence-electron chi connectivity index (χ3n) is 17.2. The second kappa shape index (κ2) is 43.1. The zero-order chi connectivity index (χ0) is 85.4. The number of methoxy groups -OCH3 is 3. The molecule has 4 fully saturated rings. The number of amides is 2. The number of rotatable bonds is 23. The predicted octanol–water partition coefficient (Wildman–Crippen LogP) is 15.0. The number of ether oxygens (including phenoxy) is 5. The maximum atomic E-state index is 12.4. The van der Waals surface area contributed by atoms with Crippen molar-refractivity contribution in [2.24, 2.45) is 44.8 Å². The Morgan fingerprint density at radius 1 is 0.521 bits per heavy atom. The van der Waals surface area contributed by atoms with Crippen molar-refractivity contribution in [3.63, 3.8) is 0 Å². The minimum Gasteiger partial charge on any atom is -0.494 e. The summed E-state index contributed by atoms with van der Waals surface area (Å²) in [5.41, 5.74) is 18.8. The van der Waals surface area contributed by atoms with E-state index in [9.17, 15) is 28.8 Å². The van der Waals surface area contributed by atoms with E-state index in [0.29, 0.717) is 121 Å². The molecule has 0 unspecified atom stereocenters. The average Bonchev–Trinajstić information content (AvgIpc) is 1.75. The lowest BCUT2D eigenvalue weighted by Crippen LogP contribution is -2.15. The Morgan fingerprint density at radius 2 is 0.983 bits per heavy atom. The molecule has 16 rings (SSSR count). The first kappa shape index (κ1) is 89.6. The van der Waals surface area contributed by atoms with Crippen LogP contribution in [0.2, 0.25) is 10.0 Å². The van der Waals surface area contributed by atoms with E-state index in [-0.39, 0.29) is 53.2 Å². The number of carbonyl (C=O) groups is 6. The molecule has 9 heterocycles. The standard InChI is InChI=1S/C25H26N8O4.C19H19BrN6O2.C10H9BrClNO.C10H12N4O.C6H8N2O2.C5H4BrClN2.C4H5ClO/c1-4-37-25(35)16-11-28-33(13-16)20-12-26-21(30-24(34)15-8-9-15)10-19(20)29-18-7-5-6-17(22(18)36-3)23-27-14-32(2)31-23;1-26-10-22-18(25-26)12-4-3-5-14(17(12)28-2)23-15-8-16(21-9-13(15)20)24-19(27)11-6-7-11;11-8-5-13-7(3-9(8)12)4-10(14)6-1-2-6;1-14-6-12-10(13-14)7-4-3-5-8(11)9(7)15-2;1-2-10-6(9)5-3-7-8-4-5;6-3-2-9-5(8)1-4(3)7;5-4(6)3-1-2-3/h5-7,10-15H,4,8-9H2,1-3H3,(H2,26,29,30,34);3-5,8-11H,6-7H2,1-2H3,(H2,21,23,24,27);3,5-6H,1-2,4H2;3-6H,11H2,1-2H3;3-4H,2H2,1H3,(H,7,8);1-2H,(H2,8,9);3H,1-2H2. The lowest BCUT2D eigenvalue weighted by molar-refractivity contribution is -0.120. The number of aryl methyl sites for hydroxylation is 3. The number of hydrogen-bond acceptors (Lipinski definition) is 27. The van der Waals surface area contributed by atoms with E-state index >= 15 is 0 Å². The number of H-pyrrole nitrogens is 1. The smallest absolute Gasteiger partial charge is 0.341 e. The number of anilines is 8. The van der Waals surface area contributed by atoms with Gasteiger partial charge in [0.15, 0.2) is 34.7 Å². The highest BCUT2D eigenvalue weighted by Gasteiger charge is 2.33. The van der Waals surface area contributed by atoms with Gasteiger partial charge < -0.3 is 56.4 Å². The van der Waals surface area contributed by atoms with E-state index in [4.69, 9.17) is 65.2 Å². The summed E-state index contributed by atoms with van der Waals surface area (Å²) < 4.78 is 35.1. The molecule has 4 aliphatic rings. The monoisotopic (exact) mass is 1870 g/mol. The van der Waals surface area contributed by atoms with Crippen molar-refractivity contribution in [2.45, 2.75) is 71.6 Å². The lowest BCUT2D eigenvalue weighted by atomic mass is 10.1. The third kappa shape index (κ3) is 26.4. The highest BCUT2D eigenvalue weighted by Crippen LogP contribution is 2.42. The van der Waals surface area contributed by atoms with E-state index in [0.717, 1.165) is 93.0 Å². The van der Waals surface area contributed by atoms with Crippen molar-refractivity contribution >= 4 is 163 Å². The van der Waals surface area contributed by atoms with Gasteiger partial charge in [-0.2, -0.15) is 25.5 Å². The number of aromatic nitrogens is 17. The number of aromatic amines is 1. The van der Waals surface area contributed by atoms with Crippen molar-refractivity contribution in [1.29, 1.82) is 0 Å². The summed E-state index contributed by atoms with van der Waals surface area (Å²) in [6.07, 6.45) is 25.4. The maximum absolute atomic E-state index is 12.4. The number of para-hydroxylation sites is 3. The van der Waals surface area contributed by atoms with Crippen LogP contribution in [-0.4, -0.2) is 154 Å². The molecule has 0 bridgehead atoms. The molecule has 9 N–H and O–H groups in total. The molecule has 0 saturated heterocycles. The first-order valence-corrected chi connectivity index (χ1v) is 40.4. The number of esters is 2. The van der Waals surface area contributed by atoms with Crippen LogP contribution in [0.4, 0.5) is 45.9 Å². The molecular weight excluding hydrogens is 1790 g/mol. The predicted molar refractivity (Wildman–Crippen MR) is 460 cm³/mol. The Balaban J connectivity index is 0.000000159. The average molecular weight is 1880 g/mol. The first-order valence-electron chi connectivity index (χ1n) is 36.9. The topological polar surface area (TPSA) is 439 Å². The molecule has 622 valence electrons. The van der Waals surface area contributed by atoms with Crippen molar-refractivity contribution in [3.8, 4) is 57.1 Å². The van der Waals surface area contributed by atoms with Gasteiger partial charge in [0, 0.05) is 106 Å². The molecule has 12 aromatic rings. The van der Waals surface area contributed by atoms with Crippen LogP contribution in [0.1, 0.15) is 91.6 Å². The van der Waals surface area contributed by atoms with E-state index in [2.05, 4.69) is 139 Å². The van der Waals surface area contributed by atoms with Crippen molar-refractivity contribution in [2.75, 3.05) is 67.3 Å². The van der Waals surface area contributed by atoms with Crippen LogP contribution in [-0.2, 0) is 56.2 Å². The number of nitrogens with two attached hydrogens (primary N) is 2. The molecule has 0 aliphatic heterocycles. The quantitative estimate of drug-likeness (QED) is 0.0178. The minimum absolute atomic E-state index is 0.0153. The lowest BCUT2D eigenvalue weighted by Gasteiger charge is -2.17. The molecule has 4 aliphatic carbocycles. The van der Waals surface area contributed by atoms with Gasteiger partial charge in [0.2, 0.25) is 17.1 Å². The van der Waals surface area contributed by atoms with Gasteiger partial charge in [-0.1, -0.05) is 41.4 Å². The highest BCUT2D eigenvalue weighted by molar-refractivity contribution is 9.11. The van der Waals surface area contributed by atoms with Crippen LogP contribution in [0.15, 0.2) is 161 Å². The molecule has 0 spiro atoms. The molecular formula is C79H83Br3Cl3N23O11. The number of pyridine rings is 4. The molecule has 3 aromatic carbocycles. The van der Waals surface area contributed by atoms with Gasteiger partial charge >= 0.3 is 11.9 Å². The van der Waals surface area contributed by atoms with Crippen LogP contribution in [0.25, 0.3) is 39.9 Å².